The van der Waals surface area contributed by atoms with Gasteiger partial charge in [0.1, 0.15) is 5.54 Å². The number of nitrogens with zero attached hydrogens (tertiary/aromatic N) is 1. The molecule has 0 saturated heterocycles. The van der Waals surface area contributed by atoms with Crippen LogP contribution >= 0.6 is 15.9 Å². The highest BCUT2D eigenvalue weighted by molar-refractivity contribution is 9.10. The van der Waals surface area contributed by atoms with Gasteiger partial charge in [0.25, 0.3) is 0 Å². The summed E-state index contributed by atoms with van der Waals surface area (Å²) in [6.07, 6.45) is 1.12. The lowest BCUT2D eigenvalue weighted by Crippen LogP contribution is -2.50. The van der Waals surface area contributed by atoms with E-state index in [0.29, 0.717) is 6.54 Å². The molecule has 5 heteroatoms. The van der Waals surface area contributed by atoms with E-state index in [1.807, 2.05) is 24.3 Å². The van der Waals surface area contributed by atoms with Gasteiger partial charge in [0.2, 0.25) is 5.91 Å². The van der Waals surface area contributed by atoms with Gasteiger partial charge in [0, 0.05) is 17.6 Å². The average Bonchev–Trinajstić information content (AvgIpc) is 2.46. The summed E-state index contributed by atoms with van der Waals surface area (Å²) >= 11 is 3.38. The van der Waals surface area contributed by atoms with Crippen LogP contribution in [-0.4, -0.2) is 37.0 Å². The van der Waals surface area contributed by atoms with E-state index in [1.54, 1.807) is 6.92 Å². The summed E-state index contributed by atoms with van der Waals surface area (Å²) in [4.78, 5) is 14.6. The van der Waals surface area contributed by atoms with Crippen molar-refractivity contribution in [2.24, 2.45) is 5.73 Å². The van der Waals surface area contributed by atoms with Crippen molar-refractivity contribution in [3.05, 3.63) is 34.3 Å². The van der Waals surface area contributed by atoms with Gasteiger partial charge in [-0.15, -0.1) is 0 Å². The van der Waals surface area contributed by atoms with Gasteiger partial charge in [0.15, 0.2) is 0 Å². The lowest BCUT2D eigenvalue weighted by atomic mass is 9.92. The predicted octanol–water partition coefficient (Wildman–Crippen LogP) is 2.47. The molecule has 0 heterocycles. The lowest BCUT2D eigenvalue weighted by molar-refractivity contribution is -0.126. The molecule has 118 valence electrons. The highest BCUT2D eigenvalue weighted by Crippen LogP contribution is 2.20. The van der Waals surface area contributed by atoms with Crippen LogP contribution in [0.5, 0.6) is 0 Å². The Kier molecular flexibility index (Phi) is 7.35. The summed E-state index contributed by atoms with van der Waals surface area (Å²) in [5.41, 5.74) is 6.00. The molecule has 0 aliphatic carbocycles. The average molecular weight is 356 g/mol. The van der Waals surface area contributed by atoms with Crippen molar-refractivity contribution >= 4 is 21.8 Å². The number of nitrogens with two attached hydrogens (primary N) is 1. The molecule has 0 aliphatic heterocycles. The highest BCUT2D eigenvalue weighted by Gasteiger charge is 2.30. The molecule has 0 aromatic heterocycles. The van der Waals surface area contributed by atoms with Crippen LogP contribution in [0.1, 0.15) is 32.8 Å². The number of nitrogens with one attached hydrogen (secondary N) is 1. The van der Waals surface area contributed by atoms with Crippen LogP contribution in [0.2, 0.25) is 0 Å². The van der Waals surface area contributed by atoms with Gasteiger partial charge in [0.05, 0.1) is 0 Å². The van der Waals surface area contributed by atoms with E-state index in [9.17, 15) is 4.79 Å². The zero-order chi connectivity index (χ0) is 15.9. The van der Waals surface area contributed by atoms with Crippen molar-refractivity contribution in [2.45, 2.75) is 32.7 Å². The van der Waals surface area contributed by atoms with Gasteiger partial charge >= 0.3 is 0 Å². The van der Waals surface area contributed by atoms with Gasteiger partial charge in [-0.3, -0.25) is 4.79 Å². The molecule has 1 aromatic carbocycles. The smallest absolute Gasteiger partial charge is 0.244 e. The minimum Gasteiger partial charge on any atom is -0.353 e. The number of hydrogen-bond donors (Lipinski definition) is 2. The van der Waals surface area contributed by atoms with Crippen molar-refractivity contribution in [1.82, 2.24) is 10.2 Å². The Balaban J connectivity index is 2.55. The third kappa shape index (κ3) is 5.41. The number of benzene rings is 1. The van der Waals surface area contributed by atoms with Crippen molar-refractivity contribution in [2.75, 3.05) is 26.2 Å². The number of carbonyl (C=O) groups excluding carboxylic acids is 1. The molecule has 0 radical (unpaired) electrons. The maximum absolute atomic E-state index is 12.3. The Morgan fingerprint density at radius 1 is 1.29 bits per heavy atom. The van der Waals surface area contributed by atoms with E-state index in [1.165, 1.54) is 0 Å². The van der Waals surface area contributed by atoms with E-state index < -0.39 is 5.54 Å². The van der Waals surface area contributed by atoms with Gasteiger partial charge < -0.3 is 16.0 Å². The normalized spacial score (nSPS) is 14.0. The molecule has 0 bridgehead atoms. The molecule has 1 aromatic rings. The quantitative estimate of drug-likeness (QED) is 0.752. The summed E-state index contributed by atoms with van der Waals surface area (Å²) in [6.45, 7) is 9.56. The first-order chi connectivity index (χ1) is 9.91. The van der Waals surface area contributed by atoms with E-state index >= 15 is 0 Å². The largest absolute Gasteiger partial charge is 0.353 e. The monoisotopic (exact) mass is 355 g/mol. The number of hydrogen-bond acceptors (Lipinski definition) is 3. The van der Waals surface area contributed by atoms with E-state index in [2.05, 4.69) is 40.0 Å². The lowest BCUT2D eigenvalue weighted by Gasteiger charge is -2.25. The van der Waals surface area contributed by atoms with Crippen LogP contribution in [0.4, 0.5) is 0 Å². The predicted molar refractivity (Wildman–Crippen MR) is 91.1 cm³/mol. The maximum atomic E-state index is 12.3. The molecule has 21 heavy (non-hydrogen) atoms. The highest BCUT2D eigenvalue weighted by atomic mass is 79.9. The van der Waals surface area contributed by atoms with E-state index in [0.717, 1.165) is 36.1 Å². The molecule has 1 atom stereocenters. The summed E-state index contributed by atoms with van der Waals surface area (Å²) in [5.74, 6) is -0.141. The molecule has 1 unspecified atom stereocenters. The molecular formula is C16H26BrN3O. The van der Waals surface area contributed by atoms with E-state index in [-0.39, 0.29) is 5.91 Å². The SMILES string of the molecule is CCCN(CC)CCNC(=O)C(C)(N)c1ccc(Br)cc1. The Bertz CT molecular complexity index is 445. The van der Waals surface area contributed by atoms with Gasteiger partial charge in [-0.25, -0.2) is 0 Å². The van der Waals surface area contributed by atoms with Gasteiger partial charge in [-0.2, -0.15) is 0 Å². The first-order valence-corrected chi connectivity index (χ1v) is 8.26. The summed E-state index contributed by atoms with van der Waals surface area (Å²) in [5, 5.41) is 2.94. The van der Waals surface area contributed by atoms with Crippen LogP contribution in [0.25, 0.3) is 0 Å². The number of amides is 1. The van der Waals surface area contributed by atoms with E-state index in [4.69, 9.17) is 5.73 Å². The standard InChI is InChI=1S/C16H26BrN3O/c1-4-11-20(5-2)12-10-19-15(21)16(3,18)13-6-8-14(17)9-7-13/h6-9H,4-5,10-12,18H2,1-3H3,(H,19,21). The summed E-state index contributed by atoms with van der Waals surface area (Å²) in [6, 6.07) is 7.54. The van der Waals surface area contributed by atoms with Crippen LogP contribution in [0, 0.1) is 0 Å². The zero-order valence-corrected chi connectivity index (χ0v) is 14.7. The third-order valence-electron chi connectivity index (χ3n) is 3.62. The molecular weight excluding hydrogens is 330 g/mol. The van der Waals surface area contributed by atoms with Crippen molar-refractivity contribution < 1.29 is 4.79 Å². The van der Waals surface area contributed by atoms with Crippen molar-refractivity contribution in [1.29, 1.82) is 0 Å². The Morgan fingerprint density at radius 2 is 1.90 bits per heavy atom. The van der Waals surface area contributed by atoms with Crippen LogP contribution in [-0.2, 0) is 10.3 Å². The maximum Gasteiger partial charge on any atom is 0.244 e. The number of rotatable bonds is 8. The first-order valence-electron chi connectivity index (χ1n) is 7.47. The minimum atomic E-state index is -1.01. The fraction of sp³-hybridized carbons (Fsp3) is 0.562. The van der Waals surface area contributed by atoms with Crippen LogP contribution in [0.15, 0.2) is 28.7 Å². The Labute approximate surface area is 136 Å². The number of halogens is 1. The second-order valence-corrected chi connectivity index (χ2v) is 6.32. The fourth-order valence-corrected chi connectivity index (χ4v) is 2.45. The Morgan fingerprint density at radius 3 is 2.43 bits per heavy atom. The second-order valence-electron chi connectivity index (χ2n) is 5.40. The molecule has 0 aliphatic rings. The molecule has 0 fully saturated rings. The topological polar surface area (TPSA) is 58.4 Å². The van der Waals surface area contributed by atoms with Crippen LogP contribution < -0.4 is 11.1 Å². The molecule has 1 amide bonds. The molecule has 1 rings (SSSR count). The molecule has 3 N–H and O–H groups in total. The second kappa shape index (κ2) is 8.51. The Hall–Kier alpha value is -0.910. The van der Waals surface area contributed by atoms with Gasteiger partial charge in [-0.05, 0) is 44.1 Å². The molecule has 4 nitrogen and oxygen atoms in total. The van der Waals surface area contributed by atoms with Crippen LogP contribution in [0.3, 0.4) is 0 Å². The first kappa shape index (κ1) is 18.1. The molecule has 0 spiro atoms. The number of carbonyl (C=O) groups is 1. The van der Waals surface area contributed by atoms with Gasteiger partial charge in [-0.1, -0.05) is 41.9 Å². The van der Waals surface area contributed by atoms with Crippen molar-refractivity contribution in [3.8, 4) is 0 Å². The number of likely N-dealkylation sites (N-methyl/N-ethyl adjacent to an activating group) is 1. The zero-order valence-electron chi connectivity index (χ0n) is 13.2. The molecule has 0 saturated carbocycles. The fourth-order valence-electron chi connectivity index (χ4n) is 2.18. The summed E-state index contributed by atoms with van der Waals surface area (Å²) in [7, 11) is 0. The third-order valence-corrected chi connectivity index (χ3v) is 4.14. The minimum absolute atomic E-state index is 0.141. The summed E-state index contributed by atoms with van der Waals surface area (Å²) < 4.78 is 0.973. The van der Waals surface area contributed by atoms with Crippen molar-refractivity contribution in [3.63, 3.8) is 0 Å².